The van der Waals surface area contributed by atoms with Crippen LogP contribution in [-0.2, 0) is 19.1 Å². The molecule has 0 saturated carbocycles. The van der Waals surface area contributed by atoms with E-state index in [0.717, 1.165) is 0 Å². The highest BCUT2D eigenvalue weighted by molar-refractivity contribution is 5.91. The lowest BCUT2D eigenvalue weighted by atomic mass is 10.2. The Morgan fingerprint density at radius 3 is 2.33 bits per heavy atom. The molecule has 33 heavy (non-hydrogen) atoms. The second-order valence-electron chi connectivity index (χ2n) is 6.80. The molecule has 0 unspecified atom stereocenters. The summed E-state index contributed by atoms with van der Waals surface area (Å²) in [5.74, 6) is -0.337. The molecule has 0 aliphatic rings. The average Bonchev–Trinajstić information content (AvgIpc) is 2.82. The quantitative estimate of drug-likeness (QED) is 0.218. The maximum Gasteiger partial charge on any atom is 0.343 e. The first-order chi connectivity index (χ1) is 15.8. The van der Waals surface area contributed by atoms with Crippen molar-refractivity contribution in [3.05, 3.63) is 71.8 Å². The van der Waals surface area contributed by atoms with Crippen molar-refractivity contribution in [2.24, 2.45) is 0 Å². The van der Waals surface area contributed by atoms with E-state index < -0.39 is 17.9 Å². The molecule has 0 aromatic heterocycles. The maximum absolute atomic E-state index is 12.5. The molecule has 0 heterocycles. The van der Waals surface area contributed by atoms with Crippen molar-refractivity contribution in [3.8, 4) is 17.2 Å². The van der Waals surface area contributed by atoms with Gasteiger partial charge in [-0.2, -0.15) is 0 Å². The van der Waals surface area contributed by atoms with Crippen LogP contribution in [0.2, 0.25) is 0 Å². The summed E-state index contributed by atoms with van der Waals surface area (Å²) in [6.07, 6.45) is 3.36. The molecule has 2 aromatic carbocycles. The molecule has 174 valence electrons. The van der Waals surface area contributed by atoms with Crippen LogP contribution in [0.25, 0.3) is 6.08 Å². The van der Waals surface area contributed by atoms with E-state index in [9.17, 15) is 14.4 Å². The molecule has 0 fully saturated rings. The third-order valence-corrected chi connectivity index (χ3v) is 4.23. The number of carbonyl (C=O) groups is 3. The molecule has 0 N–H and O–H groups in total. The van der Waals surface area contributed by atoms with Gasteiger partial charge in [-0.25, -0.2) is 14.4 Å². The van der Waals surface area contributed by atoms with Crippen molar-refractivity contribution in [1.82, 2.24) is 0 Å². The van der Waals surface area contributed by atoms with E-state index in [1.807, 2.05) is 0 Å². The number of esters is 3. The molecule has 0 amide bonds. The zero-order valence-electron chi connectivity index (χ0n) is 18.8. The van der Waals surface area contributed by atoms with Gasteiger partial charge in [0.05, 0.1) is 33.0 Å². The van der Waals surface area contributed by atoms with Gasteiger partial charge in [-0.1, -0.05) is 12.6 Å². The fraction of sp³-hybridized carbons (Fsp3) is 0.240. The van der Waals surface area contributed by atoms with Gasteiger partial charge in [0.25, 0.3) is 0 Å². The standard InChI is InChI=1S/C25H26O8/c1-17(2)24(27)32-15-5-14-31-20-10-8-19(9-11-20)25(28)33-21-12-6-18(16-22(21)29-3)7-13-23(26)30-4/h6-13,16H,1,5,14-15H2,2-4H3. The van der Waals surface area contributed by atoms with Gasteiger partial charge in [0.2, 0.25) is 0 Å². The zero-order valence-corrected chi connectivity index (χ0v) is 18.8. The van der Waals surface area contributed by atoms with Crippen LogP contribution in [0.5, 0.6) is 17.2 Å². The highest BCUT2D eigenvalue weighted by atomic mass is 16.6. The van der Waals surface area contributed by atoms with Gasteiger partial charge in [-0.3, -0.25) is 0 Å². The molecule has 2 rings (SSSR count). The summed E-state index contributed by atoms with van der Waals surface area (Å²) >= 11 is 0. The molecule has 0 bridgehead atoms. The highest BCUT2D eigenvalue weighted by Crippen LogP contribution is 2.29. The van der Waals surface area contributed by atoms with Crippen LogP contribution in [-0.4, -0.2) is 45.3 Å². The van der Waals surface area contributed by atoms with Gasteiger partial charge in [0, 0.05) is 18.1 Å². The van der Waals surface area contributed by atoms with Crippen molar-refractivity contribution in [2.45, 2.75) is 13.3 Å². The first-order valence-corrected chi connectivity index (χ1v) is 10.1. The molecule has 8 nitrogen and oxygen atoms in total. The first-order valence-electron chi connectivity index (χ1n) is 10.1. The van der Waals surface area contributed by atoms with Gasteiger partial charge in [0.15, 0.2) is 11.5 Å². The van der Waals surface area contributed by atoms with Crippen molar-refractivity contribution >= 4 is 24.0 Å². The normalized spacial score (nSPS) is 10.4. The van der Waals surface area contributed by atoms with E-state index in [1.165, 1.54) is 20.3 Å². The van der Waals surface area contributed by atoms with Crippen LogP contribution in [0.1, 0.15) is 29.3 Å². The minimum absolute atomic E-state index is 0.231. The second-order valence-corrected chi connectivity index (χ2v) is 6.80. The minimum atomic E-state index is -0.565. The fourth-order valence-electron chi connectivity index (χ4n) is 2.49. The van der Waals surface area contributed by atoms with Crippen LogP contribution in [0.4, 0.5) is 0 Å². The number of ether oxygens (including phenoxy) is 5. The molecular formula is C25H26O8. The van der Waals surface area contributed by atoms with Gasteiger partial charge in [0.1, 0.15) is 5.75 Å². The Hall–Kier alpha value is -4.07. The van der Waals surface area contributed by atoms with Crippen molar-refractivity contribution in [1.29, 1.82) is 0 Å². The summed E-state index contributed by atoms with van der Waals surface area (Å²) in [6.45, 7) is 5.68. The van der Waals surface area contributed by atoms with E-state index in [2.05, 4.69) is 11.3 Å². The van der Waals surface area contributed by atoms with Gasteiger partial charge in [-0.15, -0.1) is 0 Å². The Morgan fingerprint density at radius 1 is 0.970 bits per heavy atom. The van der Waals surface area contributed by atoms with E-state index >= 15 is 0 Å². The number of hydrogen-bond acceptors (Lipinski definition) is 8. The van der Waals surface area contributed by atoms with Gasteiger partial charge >= 0.3 is 17.9 Å². The first kappa shape index (κ1) is 25.2. The monoisotopic (exact) mass is 454 g/mol. The topological polar surface area (TPSA) is 97.4 Å². The van der Waals surface area contributed by atoms with Crippen LogP contribution >= 0.6 is 0 Å². The summed E-state index contributed by atoms with van der Waals surface area (Å²) in [6, 6.07) is 11.3. The lowest BCUT2D eigenvalue weighted by molar-refractivity contribution is -0.139. The number of rotatable bonds is 11. The largest absolute Gasteiger partial charge is 0.493 e. The fourth-order valence-corrected chi connectivity index (χ4v) is 2.49. The number of hydrogen-bond donors (Lipinski definition) is 0. The molecule has 0 spiro atoms. The van der Waals surface area contributed by atoms with Crippen molar-refractivity contribution < 1.29 is 38.1 Å². The molecule has 0 aliphatic heterocycles. The van der Waals surface area contributed by atoms with E-state index in [-0.39, 0.29) is 12.4 Å². The Bertz CT molecular complexity index is 1020. The lowest BCUT2D eigenvalue weighted by Gasteiger charge is -2.11. The van der Waals surface area contributed by atoms with Crippen LogP contribution in [0, 0.1) is 0 Å². The third kappa shape index (κ3) is 8.17. The molecule has 0 saturated heterocycles. The van der Waals surface area contributed by atoms with E-state index in [1.54, 1.807) is 55.5 Å². The number of methoxy groups -OCH3 is 2. The van der Waals surface area contributed by atoms with Crippen molar-refractivity contribution in [3.63, 3.8) is 0 Å². The third-order valence-electron chi connectivity index (χ3n) is 4.23. The minimum Gasteiger partial charge on any atom is -0.493 e. The van der Waals surface area contributed by atoms with Crippen LogP contribution in [0.3, 0.4) is 0 Å². The Morgan fingerprint density at radius 2 is 1.70 bits per heavy atom. The van der Waals surface area contributed by atoms with Crippen LogP contribution < -0.4 is 14.2 Å². The lowest BCUT2D eigenvalue weighted by Crippen LogP contribution is -2.10. The predicted octanol–water partition coefficient (Wildman–Crippen LogP) is 3.99. The van der Waals surface area contributed by atoms with E-state index in [0.29, 0.717) is 41.2 Å². The average molecular weight is 454 g/mol. The van der Waals surface area contributed by atoms with E-state index in [4.69, 9.17) is 18.9 Å². The molecule has 8 heteroatoms. The van der Waals surface area contributed by atoms with Gasteiger partial charge < -0.3 is 23.7 Å². The summed E-state index contributed by atoms with van der Waals surface area (Å²) in [4.78, 5) is 35.0. The highest BCUT2D eigenvalue weighted by Gasteiger charge is 2.13. The zero-order chi connectivity index (χ0) is 24.2. The van der Waals surface area contributed by atoms with Crippen molar-refractivity contribution in [2.75, 3.05) is 27.4 Å². The smallest absolute Gasteiger partial charge is 0.343 e. The second kappa shape index (κ2) is 12.7. The number of benzene rings is 2. The Balaban J connectivity index is 1.91. The predicted molar refractivity (Wildman–Crippen MR) is 121 cm³/mol. The molecule has 0 atom stereocenters. The molecular weight excluding hydrogens is 428 g/mol. The summed E-state index contributed by atoms with van der Waals surface area (Å²) < 4.78 is 25.8. The molecule has 0 radical (unpaired) electrons. The number of carbonyl (C=O) groups excluding carboxylic acids is 3. The molecule has 2 aromatic rings. The summed E-state index contributed by atoms with van der Waals surface area (Å²) in [7, 11) is 2.74. The Kier molecular flexibility index (Phi) is 9.70. The SMILES string of the molecule is C=C(C)C(=O)OCCCOc1ccc(C(=O)Oc2ccc(C=CC(=O)OC)cc2OC)cc1. The van der Waals surface area contributed by atoms with Gasteiger partial charge in [-0.05, 0) is 55.0 Å². The Labute approximate surface area is 192 Å². The molecule has 0 aliphatic carbocycles. The summed E-state index contributed by atoms with van der Waals surface area (Å²) in [5, 5.41) is 0. The maximum atomic E-state index is 12.5. The van der Waals surface area contributed by atoms with Crippen LogP contribution in [0.15, 0.2) is 60.7 Å². The summed E-state index contributed by atoms with van der Waals surface area (Å²) in [5.41, 5.74) is 1.35.